The summed E-state index contributed by atoms with van der Waals surface area (Å²) in [5.74, 6) is 0.647. The molecule has 3 aromatic rings. The van der Waals surface area contributed by atoms with Crippen molar-refractivity contribution in [3.8, 4) is 5.75 Å². The molecule has 1 aliphatic heterocycles. The van der Waals surface area contributed by atoms with Gasteiger partial charge in [-0.15, -0.1) is 0 Å². The van der Waals surface area contributed by atoms with E-state index in [1.807, 2.05) is 97.1 Å². The Labute approximate surface area is 167 Å². The molecule has 3 nitrogen and oxygen atoms in total. The zero-order valence-corrected chi connectivity index (χ0v) is 16.1. The Hall–Kier alpha value is -2.85. The molecule has 2 atom stereocenters. The molecule has 3 aromatic carbocycles. The number of benzene rings is 3. The maximum atomic E-state index is 12.9. The Morgan fingerprint density at radius 2 is 1.48 bits per heavy atom. The van der Waals surface area contributed by atoms with Gasteiger partial charge in [0.15, 0.2) is 0 Å². The van der Waals surface area contributed by atoms with Crippen molar-refractivity contribution in [1.29, 1.82) is 0 Å². The number of hydrogen-bond acceptors (Lipinski definition) is 2. The second-order valence-corrected chi connectivity index (χ2v) is 7.13. The number of ether oxygens (including phenoxy) is 1. The SMILES string of the molecule is O=C1[C@@H](Oc2ccccc2)[C@@H](/C=C/c2ccccc2)N1c1ccccc1Br. The highest BCUT2D eigenvalue weighted by Crippen LogP contribution is 2.36. The maximum Gasteiger partial charge on any atom is 0.271 e. The average molecular weight is 420 g/mol. The standard InChI is InChI=1S/C23H18BrNO2/c24-19-13-7-8-14-20(19)25-21(16-15-17-9-3-1-4-10-17)22(23(25)26)27-18-11-5-2-6-12-18/h1-16,21-22H/b16-15+/t21-,22+/m1/s1. The van der Waals surface area contributed by atoms with Crippen LogP contribution in [0, 0.1) is 0 Å². The van der Waals surface area contributed by atoms with Gasteiger partial charge in [-0.1, -0.05) is 72.8 Å². The summed E-state index contributed by atoms with van der Waals surface area (Å²) < 4.78 is 6.88. The van der Waals surface area contributed by atoms with Crippen LogP contribution < -0.4 is 9.64 Å². The summed E-state index contributed by atoms with van der Waals surface area (Å²) in [6.45, 7) is 0. The Kier molecular flexibility index (Phi) is 5.07. The van der Waals surface area contributed by atoms with Gasteiger partial charge in [-0.3, -0.25) is 9.69 Å². The fourth-order valence-electron chi connectivity index (χ4n) is 3.14. The summed E-state index contributed by atoms with van der Waals surface area (Å²) in [7, 11) is 0. The van der Waals surface area contributed by atoms with Gasteiger partial charge in [0.25, 0.3) is 5.91 Å². The largest absolute Gasteiger partial charge is 0.478 e. The molecule has 0 unspecified atom stereocenters. The van der Waals surface area contributed by atoms with Crippen LogP contribution in [0.4, 0.5) is 5.69 Å². The number of para-hydroxylation sites is 2. The number of nitrogens with zero attached hydrogens (tertiary/aromatic N) is 1. The molecule has 1 saturated heterocycles. The van der Waals surface area contributed by atoms with Crippen LogP contribution in [0.3, 0.4) is 0 Å². The normalized spacial score (nSPS) is 19.1. The predicted octanol–water partition coefficient (Wildman–Crippen LogP) is 5.33. The van der Waals surface area contributed by atoms with E-state index in [9.17, 15) is 4.79 Å². The lowest BCUT2D eigenvalue weighted by atomic mass is 9.95. The molecule has 4 rings (SSSR count). The summed E-state index contributed by atoms with van der Waals surface area (Å²) in [5.41, 5.74) is 1.93. The van der Waals surface area contributed by atoms with Gasteiger partial charge >= 0.3 is 0 Å². The van der Waals surface area contributed by atoms with Crippen molar-refractivity contribution in [3.63, 3.8) is 0 Å². The van der Waals surface area contributed by atoms with Gasteiger partial charge in [-0.05, 0) is 45.8 Å². The molecule has 1 fully saturated rings. The fraction of sp³-hybridized carbons (Fsp3) is 0.0870. The topological polar surface area (TPSA) is 29.5 Å². The molecule has 1 aliphatic rings. The number of carbonyl (C=O) groups excluding carboxylic acids is 1. The minimum absolute atomic E-state index is 0.0477. The number of anilines is 1. The fourth-order valence-corrected chi connectivity index (χ4v) is 3.61. The highest BCUT2D eigenvalue weighted by molar-refractivity contribution is 9.10. The van der Waals surface area contributed by atoms with Crippen LogP contribution in [-0.2, 0) is 4.79 Å². The van der Waals surface area contributed by atoms with E-state index >= 15 is 0 Å². The third-order valence-electron chi connectivity index (χ3n) is 4.49. The van der Waals surface area contributed by atoms with Gasteiger partial charge in [-0.2, -0.15) is 0 Å². The Morgan fingerprint density at radius 3 is 2.19 bits per heavy atom. The van der Waals surface area contributed by atoms with Crippen molar-refractivity contribution < 1.29 is 9.53 Å². The summed E-state index contributed by atoms with van der Waals surface area (Å²) >= 11 is 3.55. The molecule has 1 amide bonds. The van der Waals surface area contributed by atoms with E-state index in [4.69, 9.17) is 4.74 Å². The number of rotatable bonds is 5. The Morgan fingerprint density at radius 1 is 0.852 bits per heavy atom. The number of halogens is 1. The lowest BCUT2D eigenvalue weighted by Crippen LogP contribution is -2.66. The van der Waals surface area contributed by atoms with E-state index in [2.05, 4.69) is 15.9 Å². The van der Waals surface area contributed by atoms with Gasteiger partial charge < -0.3 is 4.74 Å². The highest BCUT2D eigenvalue weighted by Gasteiger charge is 2.49. The van der Waals surface area contributed by atoms with Crippen molar-refractivity contribution in [1.82, 2.24) is 0 Å². The number of amides is 1. The molecular formula is C23H18BrNO2. The molecule has 0 radical (unpaired) electrons. The first-order valence-corrected chi connectivity index (χ1v) is 9.56. The maximum absolute atomic E-state index is 12.9. The minimum atomic E-state index is -0.542. The van der Waals surface area contributed by atoms with E-state index < -0.39 is 6.10 Å². The van der Waals surface area contributed by atoms with Crippen LogP contribution in [0.1, 0.15) is 5.56 Å². The summed E-state index contributed by atoms with van der Waals surface area (Å²) in [4.78, 5) is 14.7. The van der Waals surface area contributed by atoms with E-state index in [1.54, 1.807) is 4.90 Å². The van der Waals surface area contributed by atoms with Crippen LogP contribution >= 0.6 is 15.9 Å². The van der Waals surface area contributed by atoms with Crippen LogP contribution in [-0.4, -0.2) is 18.1 Å². The molecule has 27 heavy (non-hydrogen) atoms. The van der Waals surface area contributed by atoms with Crippen molar-refractivity contribution in [2.24, 2.45) is 0 Å². The first kappa shape index (κ1) is 17.6. The molecule has 0 N–H and O–H groups in total. The van der Waals surface area contributed by atoms with Crippen LogP contribution in [0.25, 0.3) is 6.08 Å². The van der Waals surface area contributed by atoms with Gasteiger partial charge in [-0.25, -0.2) is 0 Å². The van der Waals surface area contributed by atoms with Crippen molar-refractivity contribution in [2.45, 2.75) is 12.1 Å². The quantitative estimate of drug-likeness (QED) is 0.523. The lowest BCUT2D eigenvalue weighted by molar-refractivity contribution is -0.133. The van der Waals surface area contributed by atoms with Crippen LogP contribution in [0.15, 0.2) is 95.5 Å². The first-order chi connectivity index (χ1) is 13.2. The van der Waals surface area contributed by atoms with Crippen molar-refractivity contribution in [2.75, 3.05) is 4.90 Å². The van der Waals surface area contributed by atoms with Crippen molar-refractivity contribution >= 4 is 33.6 Å². The van der Waals surface area contributed by atoms with E-state index in [0.29, 0.717) is 5.75 Å². The molecule has 0 bridgehead atoms. The molecule has 1 heterocycles. The lowest BCUT2D eigenvalue weighted by Gasteiger charge is -2.45. The Bertz CT molecular complexity index is 956. The van der Waals surface area contributed by atoms with Gasteiger partial charge in [0.2, 0.25) is 6.10 Å². The zero-order valence-electron chi connectivity index (χ0n) is 14.5. The third kappa shape index (κ3) is 3.67. The zero-order chi connectivity index (χ0) is 18.6. The molecule has 134 valence electrons. The molecule has 0 aliphatic carbocycles. The van der Waals surface area contributed by atoms with E-state index in [-0.39, 0.29) is 11.9 Å². The van der Waals surface area contributed by atoms with E-state index in [1.165, 1.54) is 0 Å². The van der Waals surface area contributed by atoms with Crippen LogP contribution in [0.5, 0.6) is 5.75 Å². The molecule has 0 saturated carbocycles. The third-order valence-corrected chi connectivity index (χ3v) is 5.16. The average Bonchev–Trinajstić information content (AvgIpc) is 2.72. The smallest absolute Gasteiger partial charge is 0.271 e. The Balaban J connectivity index is 1.64. The monoisotopic (exact) mass is 419 g/mol. The minimum Gasteiger partial charge on any atom is -0.478 e. The van der Waals surface area contributed by atoms with Crippen molar-refractivity contribution in [3.05, 3.63) is 101 Å². The predicted molar refractivity (Wildman–Crippen MR) is 112 cm³/mol. The first-order valence-electron chi connectivity index (χ1n) is 8.76. The van der Waals surface area contributed by atoms with Crippen LogP contribution in [0.2, 0.25) is 0 Å². The number of carbonyl (C=O) groups is 1. The number of hydrogen-bond donors (Lipinski definition) is 0. The second-order valence-electron chi connectivity index (χ2n) is 6.27. The molecular weight excluding hydrogens is 402 g/mol. The van der Waals surface area contributed by atoms with E-state index in [0.717, 1.165) is 15.7 Å². The molecule has 0 spiro atoms. The van der Waals surface area contributed by atoms with Gasteiger partial charge in [0.1, 0.15) is 11.8 Å². The van der Waals surface area contributed by atoms with Gasteiger partial charge in [0, 0.05) is 4.47 Å². The number of β-lactam (4-membered cyclic amide) rings is 1. The molecule has 0 aromatic heterocycles. The summed E-state index contributed by atoms with van der Waals surface area (Å²) in [5, 5.41) is 0. The second kappa shape index (κ2) is 7.80. The summed E-state index contributed by atoms with van der Waals surface area (Å²) in [6.07, 6.45) is 3.52. The molecule has 4 heteroatoms. The van der Waals surface area contributed by atoms with Gasteiger partial charge in [0.05, 0.1) is 5.69 Å². The summed E-state index contributed by atoms with van der Waals surface area (Å²) in [6, 6.07) is 27.1. The highest BCUT2D eigenvalue weighted by atomic mass is 79.9.